The molecule has 192 valence electrons. The van der Waals surface area contributed by atoms with Gasteiger partial charge in [0.2, 0.25) is 11.6 Å². The Morgan fingerprint density at radius 2 is 1.66 bits per heavy atom. The van der Waals surface area contributed by atoms with Crippen molar-refractivity contribution in [2.75, 3.05) is 6.54 Å². The van der Waals surface area contributed by atoms with Crippen molar-refractivity contribution in [3.05, 3.63) is 113 Å². The number of nitrogens with one attached hydrogen (secondary N) is 2. The van der Waals surface area contributed by atoms with E-state index in [4.69, 9.17) is 5.41 Å². The molecule has 0 heterocycles. The second kappa shape index (κ2) is 11.4. The Balaban J connectivity index is 1.44. The molecular formula is C33H32N2O3. The highest BCUT2D eigenvalue weighted by Gasteiger charge is 2.50. The van der Waals surface area contributed by atoms with Crippen molar-refractivity contribution in [1.82, 2.24) is 5.32 Å². The lowest BCUT2D eigenvalue weighted by Gasteiger charge is -2.18. The lowest BCUT2D eigenvalue weighted by Crippen LogP contribution is -2.32. The van der Waals surface area contributed by atoms with Crippen LogP contribution in [0.2, 0.25) is 0 Å². The summed E-state index contributed by atoms with van der Waals surface area (Å²) >= 11 is 0. The minimum absolute atomic E-state index is 0.0957. The fourth-order valence-electron chi connectivity index (χ4n) is 4.70. The van der Waals surface area contributed by atoms with Gasteiger partial charge in [0.05, 0.1) is 5.71 Å². The van der Waals surface area contributed by atoms with Crippen LogP contribution in [-0.4, -0.2) is 29.7 Å². The summed E-state index contributed by atoms with van der Waals surface area (Å²) in [7, 11) is 0. The van der Waals surface area contributed by atoms with Crippen LogP contribution in [0.4, 0.5) is 0 Å². The van der Waals surface area contributed by atoms with Crippen LogP contribution in [0.5, 0.6) is 0 Å². The van der Waals surface area contributed by atoms with Crippen molar-refractivity contribution in [3.8, 4) is 0 Å². The van der Waals surface area contributed by atoms with Gasteiger partial charge in [0.1, 0.15) is 0 Å². The predicted octanol–water partition coefficient (Wildman–Crippen LogP) is 6.07. The van der Waals surface area contributed by atoms with Gasteiger partial charge in [-0.2, -0.15) is 0 Å². The molecule has 1 saturated carbocycles. The molecule has 0 unspecified atom stereocenters. The zero-order valence-electron chi connectivity index (χ0n) is 21.7. The van der Waals surface area contributed by atoms with Gasteiger partial charge in [-0.3, -0.25) is 14.4 Å². The standard InChI is InChI=1S/C33H32N2O3/c1-4-22(2)17-20-35-32(38)29(36)23(3)13-14-25-10-7-8-12-28(25)30(37)31(34)33(18-19-33)27-16-15-24-9-5-6-11-26(24)21-27/h5-12,15-16,21,34H,1,3,13-14,17-20H2,2H3,(H,35,38). The van der Waals surface area contributed by atoms with Gasteiger partial charge >= 0.3 is 0 Å². The van der Waals surface area contributed by atoms with Gasteiger partial charge < -0.3 is 10.7 Å². The highest BCUT2D eigenvalue weighted by Crippen LogP contribution is 2.50. The highest BCUT2D eigenvalue weighted by molar-refractivity contribution is 6.48. The first-order valence-corrected chi connectivity index (χ1v) is 12.8. The summed E-state index contributed by atoms with van der Waals surface area (Å²) in [4.78, 5) is 38.3. The van der Waals surface area contributed by atoms with Gasteiger partial charge in [-0.15, -0.1) is 5.73 Å². The molecule has 1 fully saturated rings. The fraction of sp³-hybridized carbons (Fsp3) is 0.242. The minimum Gasteiger partial charge on any atom is -0.349 e. The molecule has 3 aromatic rings. The normalized spacial score (nSPS) is 13.3. The van der Waals surface area contributed by atoms with Crippen LogP contribution >= 0.6 is 0 Å². The maximum absolute atomic E-state index is 13.6. The van der Waals surface area contributed by atoms with Gasteiger partial charge in [0, 0.05) is 17.5 Å². The number of amides is 1. The third-order valence-corrected chi connectivity index (χ3v) is 7.33. The van der Waals surface area contributed by atoms with E-state index in [-0.39, 0.29) is 23.5 Å². The number of Topliss-reactive ketones (excluding diaryl/α,β-unsaturated/α-hetero) is 2. The Kier molecular flexibility index (Phi) is 7.99. The molecule has 0 bridgehead atoms. The van der Waals surface area contributed by atoms with E-state index in [2.05, 4.69) is 36.3 Å². The van der Waals surface area contributed by atoms with Gasteiger partial charge in [-0.25, -0.2) is 0 Å². The van der Waals surface area contributed by atoms with Crippen molar-refractivity contribution in [3.63, 3.8) is 0 Å². The zero-order chi connectivity index (χ0) is 27.3. The fourth-order valence-corrected chi connectivity index (χ4v) is 4.70. The molecule has 4 rings (SSSR count). The maximum atomic E-state index is 13.6. The van der Waals surface area contributed by atoms with E-state index in [9.17, 15) is 14.4 Å². The summed E-state index contributed by atoms with van der Waals surface area (Å²) in [6.45, 7) is 9.54. The number of rotatable bonds is 12. The number of fused-ring (bicyclic) bond motifs is 1. The van der Waals surface area contributed by atoms with Crippen LogP contribution < -0.4 is 5.32 Å². The zero-order valence-corrected chi connectivity index (χ0v) is 21.7. The number of carbonyl (C=O) groups is 3. The molecule has 0 radical (unpaired) electrons. The van der Waals surface area contributed by atoms with Gasteiger partial charge in [-0.05, 0) is 72.1 Å². The molecule has 5 nitrogen and oxygen atoms in total. The molecule has 0 atom stereocenters. The number of ketones is 2. The molecule has 0 spiro atoms. The molecule has 0 aliphatic heterocycles. The molecule has 5 heteroatoms. The second-order valence-electron chi connectivity index (χ2n) is 9.90. The average molecular weight is 505 g/mol. The van der Waals surface area contributed by atoms with Crippen molar-refractivity contribution in [2.24, 2.45) is 0 Å². The Hall–Kier alpha value is -4.34. The summed E-state index contributed by atoms with van der Waals surface area (Å²) in [5.41, 5.74) is 5.56. The molecule has 1 aliphatic carbocycles. The molecule has 0 aromatic heterocycles. The number of hydrogen-bond donors (Lipinski definition) is 2. The Morgan fingerprint density at radius 1 is 0.974 bits per heavy atom. The van der Waals surface area contributed by atoms with Crippen LogP contribution in [0.25, 0.3) is 10.8 Å². The number of carbonyl (C=O) groups excluding carboxylic acids is 3. The van der Waals surface area contributed by atoms with E-state index in [1.54, 1.807) is 12.1 Å². The summed E-state index contributed by atoms with van der Waals surface area (Å²) < 4.78 is 0. The van der Waals surface area contributed by atoms with Crippen molar-refractivity contribution in [1.29, 1.82) is 5.41 Å². The molecule has 3 aromatic carbocycles. The van der Waals surface area contributed by atoms with E-state index < -0.39 is 17.1 Å². The van der Waals surface area contributed by atoms with Crippen LogP contribution in [-0.2, 0) is 21.4 Å². The average Bonchev–Trinajstić information content (AvgIpc) is 3.76. The van der Waals surface area contributed by atoms with E-state index in [0.717, 1.165) is 40.3 Å². The van der Waals surface area contributed by atoms with Crippen molar-refractivity contribution >= 4 is 34.0 Å². The predicted molar refractivity (Wildman–Crippen MR) is 152 cm³/mol. The Morgan fingerprint density at radius 3 is 2.37 bits per heavy atom. The maximum Gasteiger partial charge on any atom is 0.292 e. The summed E-state index contributed by atoms with van der Waals surface area (Å²) in [5, 5.41) is 13.7. The second-order valence-corrected chi connectivity index (χ2v) is 9.90. The molecule has 0 saturated heterocycles. The third-order valence-electron chi connectivity index (χ3n) is 7.33. The molecule has 1 aliphatic rings. The molecule has 38 heavy (non-hydrogen) atoms. The highest BCUT2D eigenvalue weighted by atomic mass is 16.2. The topological polar surface area (TPSA) is 87.1 Å². The van der Waals surface area contributed by atoms with E-state index >= 15 is 0 Å². The summed E-state index contributed by atoms with van der Waals surface area (Å²) in [6, 6.07) is 21.4. The van der Waals surface area contributed by atoms with Gasteiger partial charge in [-0.1, -0.05) is 79.9 Å². The van der Waals surface area contributed by atoms with Gasteiger partial charge in [0.25, 0.3) is 5.91 Å². The van der Waals surface area contributed by atoms with Crippen LogP contribution in [0.1, 0.15) is 54.1 Å². The lowest BCUT2D eigenvalue weighted by molar-refractivity contribution is -0.135. The lowest BCUT2D eigenvalue weighted by atomic mass is 9.84. The summed E-state index contributed by atoms with van der Waals surface area (Å²) in [5.74, 6) is -1.65. The molecule has 2 N–H and O–H groups in total. The van der Waals surface area contributed by atoms with E-state index in [1.807, 2.05) is 49.4 Å². The monoisotopic (exact) mass is 504 g/mol. The minimum atomic E-state index is -0.691. The number of hydrogen-bond acceptors (Lipinski definition) is 4. The van der Waals surface area contributed by atoms with E-state index in [0.29, 0.717) is 24.9 Å². The Bertz CT molecular complexity index is 1500. The number of benzene rings is 3. The number of aryl methyl sites for hydroxylation is 1. The largest absolute Gasteiger partial charge is 0.349 e. The smallest absolute Gasteiger partial charge is 0.292 e. The first kappa shape index (κ1) is 26.7. The SMILES string of the molecule is C=C=C(C)CCNC(=O)C(=O)C(=C)CCc1ccccc1C(=O)C(=N)C1(c2ccc3ccccc3c2)CC1. The van der Waals surface area contributed by atoms with E-state index in [1.165, 1.54) is 0 Å². The quantitative estimate of drug-likeness (QED) is 0.103. The third kappa shape index (κ3) is 5.64. The van der Waals surface area contributed by atoms with Crippen LogP contribution in [0.3, 0.4) is 0 Å². The Labute approximate surface area is 223 Å². The van der Waals surface area contributed by atoms with Crippen molar-refractivity contribution in [2.45, 2.75) is 44.4 Å². The molecular weight excluding hydrogens is 472 g/mol. The molecule has 1 amide bonds. The first-order valence-electron chi connectivity index (χ1n) is 12.8. The van der Waals surface area contributed by atoms with Crippen LogP contribution in [0.15, 0.2) is 96.8 Å². The van der Waals surface area contributed by atoms with Gasteiger partial charge in [0.15, 0.2) is 0 Å². The first-order chi connectivity index (χ1) is 18.3. The van der Waals surface area contributed by atoms with Crippen molar-refractivity contribution < 1.29 is 14.4 Å². The van der Waals surface area contributed by atoms with Crippen LogP contribution in [0, 0.1) is 5.41 Å². The summed E-state index contributed by atoms with van der Waals surface area (Å²) in [6.07, 6.45) is 2.71.